The topological polar surface area (TPSA) is 0 Å². The molecule has 0 nitrogen and oxygen atoms in total. The van der Waals surface area contributed by atoms with E-state index >= 15 is 0 Å². The quantitative estimate of drug-likeness (QED) is 0.404. The van der Waals surface area contributed by atoms with E-state index in [-0.39, 0.29) is 0 Å². The first-order valence-electron chi connectivity index (χ1n) is 9.22. The van der Waals surface area contributed by atoms with Crippen molar-refractivity contribution in [2.24, 2.45) is 0 Å². The number of rotatable bonds is 3. The summed E-state index contributed by atoms with van der Waals surface area (Å²) in [5.74, 6) is 8.45. The van der Waals surface area contributed by atoms with Crippen LogP contribution in [0.2, 0.25) is 0 Å². The molecule has 0 aromatic heterocycles. The number of hydrogen-bond donors (Lipinski definition) is 0. The molecule has 0 aromatic rings. The third-order valence-electron chi connectivity index (χ3n) is 5.34. The van der Waals surface area contributed by atoms with Crippen LogP contribution in [-0.4, -0.2) is 0 Å². The van der Waals surface area contributed by atoms with Crippen LogP contribution in [0.15, 0.2) is 46.6 Å². The molecule has 4 aliphatic carbocycles. The van der Waals surface area contributed by atoms with Crippen molar-refractivity contribution in [1.82, 2.24) is 0 Å². The monoisotopic (exact) mass is 472 g/mol. The van der Waals surface area contributed by atoms with E-state index in [0.717, 1.165) is 12.8 Å². The van der Waals surface area contributed by atoms with Crippen LogP contribution < -0.4 is 0 Å². The molecule has 0 heterocycles. The first-order chi connectivity index (χ1) is 12.9. The van der Waals surface area contributed by atoms with Crippen LogP contribution in [-0.2, 0) is 20.8 Å². The van der Waals surface area contributed by atoms with E-state index in [9.17, 15) is 0 Å². The summed E-state index contributed by atoms with van der Waals surface area (Å²) < 4.78 is 0. The summed E-state index contributed by atoms with van der Waals surface area (Å²) in [5.41, 5.74) is 5.71. The fourth-order valence-electron chi connectivity index (χ4n) is 4.00. The summed E-state index contributed by atoms with van der Waals surface area (Å²) in [6.45, 7) is 8.81. The molecule has 2 fully saturated rings. The summed E-state index contributed by atoms with van der Waals surface area (Å²) >= 11 is -0.826. The predicted octanol–water partition coefficient (Wildman–Crippen LogP) is 7.25. The molecule has 0 N–H and O–H groups in total. The van der Waals surface area contributed by atoms with Gasteiger partial charge in [0.2, 0.25) is 0 Å². The molecule has 0 unspecified atom stereocenters. The van der Waals surface area contributed by atoms with Crippen molar-refractivity contribution in [3.63, 3.8) is 0 Å². The predicted molar refractivity (Wildman–Crippen MR) is 113 cm³/mol. The van der Waals surface area contributed by atoms with Crippen molar-refractivity contribution in [2.45, 2.75) is 40.5 Å². The second kappa shape index (κ2) is 9.95. The number of fused-ring (bicyclic) bond motifs is 2. The Bertz CT molecular complexity index is 601. The summed E-state index contributed by atoms with van der Waals surface area (Å²) in [4.78, 5) is 0. The fourth-order valence-corrected chi connectivity index (χ4v) is 4.00. The molecule has 0 bridgehead atoms. The van der Waals surface area contributed by atoms with Gasteiger partial charge in [0, 0.05) is 23.7 Å². The van der Waals surface area contributed by atoms with E-state index in [1.54, 1.807) is 0 Å². The van der Waals surface area contributed by atoms with E-state index in [2.05, 4.69) is 77.7 Å². The molecule has 3 heteroatoms. The van der Waals surface area contributed by atoms with E-state index in [1.165, 1.54) is 57.8 Å². The van der Waals surface area contributed by atoms with Crippen molar-refractivity contribution in [2.75, 3.05) is 0 Å². The van der Waals surface area contributed by atoms with Gasteiger partial charge in [-0.1, -0.05) is 60.4 Å². The maximum atomic E-state index is 4.93. The summed E-state index contributed by atoms with van der Waals surface area (Å²) in [6.07, 6.45) is 20.7. The SMILES string of the molecule is C[C]1[CH][C]2[C]([CH]1)C(CCC1=CC=C(C)[C]3[CH][C](C)[CH][C]31)=CC=C2C.[Cl][Zr+2][Cl]. The van der Waals surface area contributed by atoms with Gasteiger partial charge < -0.3 is 0 Å². The molecule has 27 heavy (non-hydrogen) atoms. The van der Waals surface area contributed by atoms with Gasteiger partial charge in [0.1, 0.15) is 0 Å². The average molecular weight is 475 g/mol. The number of hydrogen-bond acceptors (Lipinski definition) is 0. The Morgan fingerprint density at radius 1 is 0.593 bits per heavy atom. The van der Waals surface area contributed by atoms with Crippen LogP contribution in [0, 0.1) is 61.2 Å². The zero-order chi connectivity index (χ0) is 19.6. The minimum absolute atomic E-state index is 0.826. The minimum atomic E-state index is -0.826. The van der Waals surface area contributed by atoms with Gasteiger partial charge in [0.25, 0.3) is 0 Å². The molecule has 0 spiro atoms. The van der Waals surface area contributed by atoms with Crippen molar-refractivity contribution < 1.29 is 20.8 Å². The second-order valence-electron chi connectivity index (χ2n) is 7.37. The Morgan fingerprint density at radius 2 is 0.926 bits per heavy atom. The van der Waals surface area contributed by atoms with Gasteiger partial charge >= 0.3 is 37.9 Å². The molecule has 4 rings (SSSR count). The first-order valence-corrected chi connectivity index (χ1v) is 15.5. The van der Waals surface area contributed by atoms with Gasteiger partial charge in [-0.05, 0) is 64.2 Å². The van der Waals surface area contributed by atoms with Gasteiger partial charge in [0.15, 0.2) is 0 Å². The van der Waals surface area contributed by atoms with E-state index in [0.29, 0.717) is 0 Å². The fraction of sp³-hybridized carbons (Fsp3) is 0.250. The molecule has 10 radical (unpaired) electrons. The summed E-state index contributed by atoms with van der Waals surface area (Å²) in [5, 5.41) is 0. The number of allylic oxidation sites excluding steroid dienone is 8. The molecular formula is C24H24Cl2Zr+2. The van der Waals surface area contributed by atoms with E-state index < -0.39 is 20.8 Å². The van der Waals surface area contributed by atoms with Crippen molar-refractivity contribution in [3.8, 4) is 0 Å². The van der Waals surface area contributed by atoms with Crippen LogP contribution in [0.4, 0.5) is 0 Å². The van der Waals surface area contributed by atoms with Crippen molar-refractivity contribution in [1.29, 1.82) is 0 Å². The van der Waals surface area contributed by atoms with Gasteiger partial charge in [-0.25, -0.2) is 0 Å². The Morgan fingerprint density at radius 3 is 1.30 bits per heavy atom. The third-order valence-corrected chi connectivity index (χ3v) is 5.34. The van der Waals surface area contributed by atoms with Crippen molar-refractivity contribution in [3.05, 3.63) is 108 Å². The molecule has 0 aliphatic heterocycles. The zero-order valence-corrected chi connectivity index (χ0v) is 20.3. The standard InChI is InChI=1S/C24H24.2ClH.Zr/c1-15-11-21-17(3)5-7-19(23(21)13-15)9-10-20-8-6-18(4)22-12-16(2)14-24(20)22;;;/h5-8,11-14H,9-10H2,1-4H3;2*1H;/q;;;+4/p-2. The number of halogens is 2. The molecule has 0 amide bonds. The van der Waals surface area contributed by atoms with Crippen LogP contribution in [0.25, 0.3) is 0 Å². The first kappa shape index (κ1) is 22.1. The van der Waals surface area contributed by atoms with Crippen molar-refractivity contribution >= 4 is 17.0 Å². The van der Waals surface area contributed by atoms with Crippen LogP contribution in [0.5, 0.6) is 0 Å². The van der Waals surface area contributed by atoms with Crippen LogP contribution >= 0.6 is 17.0 Å². The van der Waals surface area contributed by atoms with Gasteiger partial charge in [-0.2, -0.15) is 0 Å². The molecule has 0 aromatic carbocycles. The van der Waals surface area contributed by atoms with Gasteiger partial charge in [-0.15, -0.1) is 0 Å². The van der Waals surface area contributed by atoms with E-state index in [4.69, 9.17) is 17.0 Å². The molecule has 2 saturated carbocycles. The zero-order valence-electron chi connectivity index (χ0n) is 16.3. The Hall–Kier alpha value is 0.423. The second-order valence-corrected chi connectivity index (χ2v) is 11.1. The third kappa shape index (κ3) is 5.13. The Balaban J connectivity index is 0.000000659. The normalized spacial score (nSPS) is 25.0. The molecule has 4 aliphatic rings. The summed E-state index contributed by atoms with van der Waals surface area (Å²) in [6, 6.07) is 0. The Labute approximate surface area is 185 Å². The molecular weight excluding hydrogens is 450 g/mol. The van der Waals surface area contributed by atoms with Crippen LogP contribution in [0.1, 0.15) is 40.5 Å². The molecule has 136 valence electrons. The molecule has 0 atom stereocenters. The summed E-state index contributed by atoms with van der Waals surface area (Å²) in [7, 11) is 9.87. The van der Waals surface area contributed by atoms with E-state index in [1.807, 2.05) is 0 Å². The van der Waals surface area contributed by atoms with Crippen LogP contribution in [0.3, 0.4) is 0 Å². The maximum absolute atomic E-state index is 4.93. The van der Waals surface area contributed by atoms with Gasteiger partial charge in [-0.3, -0.25) is 0 Å². The molecule has 0 saturated heterocycles. The van der Waals surface area contributed by atoms with Gasteiger partial charge in [0.05, 0.1) is 0 Å². The average Bonchev–Trinajstić information content (AvgIpc) is 3.20. The Kier molecular flexibility index (Phi) is 8.15.